The standard InChI is InChI=1S/C21H23F2N3O/c22-18-7-9-19(10-8-18)25-12-13-26(21(25)27)24-11-3-4-16(15-24)14-17-5-1-2-6-20(17)23/h1-2,5-10,16H,3-4,11-15H2/t16-/m1/s1. The van der Waals surface area contributed by atoms with Crippen LogP contribution in [0.25, 0.3) is 0 Å². The van der Waals surface area contributed by atoms with Gasteiger partial charge in [0.25, 0.3) is 0 Å². The quantitative estimate of drug-likeness (QED) is 0.810. The van der Waals surface area contributed by atoms with E-state index < -0.39 is 0 Å². The first-order chi connectivity index (χ1) is 13.1. The molecule has 2 saturated heterocycles. The summed E-state index contributed by atoms with van der Waals surface area (Å²) < 4.78 is 27.1. The number of rotatable bonds is 4. The molecular weight excluding hydrogens is 348 g/mol. The van der Waals surface area contributed by atoms with E-state index >= 15 is 0 Å². The number of carbonyl (C=O) groups is 1. The number of amides is 2. The Bertz CT molecular complexity index is 811. The van der Waals surface area contributed by atoms with Gasteiger partial charge in [-0.3, -0.25) is 9.91 Å². The van der Waals surface area contributed by atoms with Crippen molar-refractivity contribution >= 4 is 11.7 Å². The summed E-state index contributed by atoms with van der Waals surface area (Å²) >= 11 is 0. The molecule has 142 valence electrons. The fourth-order valence-electron chi connectivity index (χ4n) is 4.05. The SMILES string of the molecule is O=C1N(c2ccc(F)cc2)CCN1N1CCC[C@H](Cc2ccccc2F)C1. The lowest BCUT2D eigenvalue weighted by atomic mass is 9.92. The van der Waals surface area contributed by atoms with E-state index in [0.29, 0.717) is 31.1 Å². The highest BCUT2D eigenvalue weighted by Gasteiger charge is 2.35. The maximum Gasteiger partial charge on any atom is 0.339 e. The van der Waals surface area contributed by atoms with Gasteiger partial charge in [-0.15, -0.1) is 0 Å². The zero-order valence-electron chi connectivity index (χ0n) is 15.2. The van der Waals surface area contributed by atoms with E-state index in [-0.39, 0.29) is 17.7 Å². The van der Waals surface area contributed by atoms with Crippen LogP contribution in [0.5, 0.6) is 0 Å². The van der Waals surface area contributed by atoms with E-state index in [4.69, 9.17) is 0 Å². The third-order valence-electron chi connectivity index (χ3n) is 5.43. The number of hydrogen-bond donors (Lipinski definition) is 0. The Morgan fingerprint density at radius 1 is 0.963 bits per heavy atom. The number of hydrazine groups is 1. The van der Waals surface area contributed by atoms with Crippen LogP contribution >= 0.6 is 0 Å². The molecule has 0 spiro atoms. The van der Waals surface area contributed by atoms with Crippen LogP contribution in [0.2, 0.25) is 0 Å². The molecule has 2 aliphatic rings. The van der Waals surface area contributed by atoms with Gasteiger partial charge in [-0.05, 0) is 61.1 Å². The van der Waals surface area contributed by atoms with Gasteiger partial charge in [0.15, 0.2) is 0 Å². The lowest BCUT2D eigenvalue weighted by molar-refractivity contribution is -0.00415. The Morgan fingerprint density at radius 3 is 2.52 bits per heavy atom. The molecule has 2 fully saturated rings. The Labute approximate surface area is 158 Å². The maximum absolute atomic E-state index is 14.0. The van der Waals surface area contributed by atoms with Crippen molar-refractivity contribution in [1.29, 1.82) is 0 Å². The van der Waals surface area contributed by atoms with Gasteiger partial charge in [0, 0.05) is 25.3 Å². The fourth-order valence-corrected chi connectivity index (χ4v) is 4.05. The first kappa shape index (κ1) is 17.9. The van der Waals surface area contributed by atoms with Crippen molar-refractivity contribution in [2.24, 2.45) is 5.92 Å². The maximum atomic E-state index is 14.0. The number of anilines is 1. The van der Waals surface area contributed by atoms with E-state index in [1.807, 2.05) is 12.1 Å². The van der Waals surface area contributed by atoms with Crippen LogP contribution < -0.4 is 4.90 Å². The minimum atomic E-state index is -0.311. The van der Waals surface area contributed by atoms with Crippen LogP contribution in [0.1, 0.15) is 18.4 Å². The van der Waals surface area contributed by atoms with Gasteiger partial charge in [0.05, 0.1) is 6.54 Å². The Morgan fingerprint density at radius 2 is 1.74 bits per heavy atom. The molecule has 0 N–H and O–H groups in total. The minimum absolute atomic E-state index is 0.0758. The van der Waals surface area contributed by atoms with Crippen molar-refractivity contribution in [3.63, 3.8) is 0 Å². The highest BCUT2D eigenvalue weighted by atomic mass is 19.1. The minimum Gasteiger partial charge on any atom is -0.291 e. The van der Waals surface area contributed by atoms with Crippen LogP contribution in [-0.2, 0) is 6.42 Å². The van der Waals surface area contributed by atoms with Gasteiger partial charge in [0.1, 0.15) is 11.6 Å². The third kappa shape index (κ3) is 3.81. The highest BCUT2D eigenvalue weighted by Crippen LogP contribution is 2.27. The van der Waals surface area contributed by atoms with E-state index in [2.05, 4.69) is 5.01 Å². The number of hydrogen-bond acceptors (Lipinski definition) is 2. The second-order valence-electron chi connectivity index (χ2n) is 7.25. The molecule has 2 aromatic rings. The van der Waals surface area contributed by atoms with Crippen molar-refractivity contribution in [1.82, 2.24) is 10.0 Å². The number of nitrogens with zero attached hydrogens (tertiary/aromatic N) is 3. The Balaban J connectivity index is 1.42. The van der Waals surface area contributed by atoms with Gasteiger partial charge < -0.3 is 0 Å². The highest BCUT2D eigenvalue weighted by molar-refractivity contribution is 5.93. The van der Waals surface area contributed by atoms with E-state index in [1.165, 1.54) is 18.2 Å². The van der Waals surface area contributed by atoms with E-state index in [0.717, 1.165) is 31.5 Å². The van der Waals surface area contributed by atoms with Gasteiger partial charge >= 0.3 is 6.03 Å². The van der Waals surface area contributed by atoms with Gasteiger partial charge in [-0.2, -0.15) is 0 Å². The van der Waals surface area contributed by atoms with Crippen LogP contribution in [-0.4, -0.2) is 42.2 Å². The molecule has 0 saturated carbocycles. The average molecular weight is 371 g/mol. The summed E-state index contributed by atoms with van der Waals surface area (Å²) in [5.74, 6) is -0.146. The third-order valence-corrected chi connectivity index (χ3v) is 5.43. The molecule has 2 heterocycles. The van der Waals surface area contributed by atoms with E-state index in [9.17, 15) is 13.6 Å². The predicted molar refractivity (Wildman–Crippen MR) is 100 cm³/mol. The summed E-state index contributed by atoms with van der Waals surface area (Å²) in [4.78, 5) is 14.5. The van der Waals surface area contributed by atoms with Crippen LogP contribution in [0.15, 0.2) is 48.5 Å². The smallest absolute Gasteiger partial charge is 0.291 e. The zero-order chi connectivity index (χ0) is 18.8. The molecule has 2 aromatic carbocycles. The summed E-state index contributed by atoms with van der Waals surface area (Å²) in [5, 5.41) is 3.89. The zero-order valence-corrected chi connectivity index (χ0v) is 15.2. The van der Waals surface area contributed by atoms with E-state index in [1.54, 1.807) is 28.1 Å². The summed E-state index contributed by atoms with van der Waals surface area (Å²) in [5.41, 5.74) is 1.45. The monoisotopic (exact) mass is 371 g/mol. The molecule has 4 nitrogen and oxygen atoms in total. The predicted octanol–water partition coefficient (Wildman–Crippen LogP) is 4.08. The van der Waals surface area contributed by atoms with Crippen molar-refractivity contribution in [3.05, 3.63) is 65.7 Å². The lowest BCUT2D eigenvalue weighted by Gasteiger charge is -2.38. The molecular formula is C21H23F2N3O. The van der Waals surface area contributed by atoms with Crippen molar-refractivity contribution in [3.8, 4) is 0 Å². The molecule has 1 atom stereocenters. The van der Waals surface area contributed by atoms with Gasteiger partial charge in [-0.25, -0.2) is 18.6 Å². The molecule has 4 rings (SSSR count). The molecule has 0 radical (unpaired) electrons. The Hall–Kier alpha value is -2.47. The summed E-state index contributed by atoms with van der Waals surface area (Å²) in [7, 11) is 0. The lowest BCUT2D eigenvalue weighted by Crippen LogP contribution is -2.50. The van der Waals surface area contributed by atoms with Crippen molar-refractivity contribution in [2.75, 3.05) is 31.1 Å². The first-order valence-corrected chi connectivity index (χ1v) is 9.44. The van der Waals surface area contributed by atoms with Gasteiger partial charge in [0.2, 0.25) is 0 Å². The number of halogens is 2. The number of benzene rings is 2. The molecule has 0 aliphatic carbocycles. The summed E-state index contributed by atoms with van der Waals surface area (Å²) in [6.45, 7) is 2.77. The number of carbonyl (C=O) groups excluding carboxylic acids is 1. The van der Waals surface area contributed by atoms with Crippen LogP contribution in [0.4, 0.5) is 19.3 Å². The number of urea groups is 1. The molecule has 0 aromatic heterocycles. The molecule has 0 unspecified atom stereocenters. The second-order valence-corrected chi connectivity index (χ2v) is 7.25. The topological polar surface area (TPSA) is 26.8 Å². The average Bonchev–Trinajstić information content (AvgIpc) is 3.06. The van der Waals surface area contributed by atoms with Gasteiger partial charge in [-0.1, -0.05) is 18.2 Å². The van der Waals surface area contributed by atoms with Crippen LogP contribution in [0.3, 0.4) is 0 Å². The normalized spacial score (nSPS) is 21.1. The Kier molecular flexibility index (Phi) is 5.07. The first-order valence-electron chi connectivity index (χ1n) is 9.44. The molecule has 0 bridgehead atoms. The fraction of sp³-hybridized carbons (Fsp3) is 0.381. The van der Waals surface area contributed by atoms with Crippen molar-refractivity contribution in [2.45, 2.75) is 19.3 Å². The molecule has 6 heteroatoms. The molecule has 2 amide bonds. The number of piperidine rings is 1. The molecule has 27 heavy (non-hydrogen) atoms. The largest absolute Gasteiger partial charge is 0.339 e. The van der Waals surface area contributed by atoms with Crippen molar-refractivity contribution < 1.29 is 13.6 Å². The second kappa shape index (κ2) is 7.64. The van der Waals surface area contributed by atoms with Crippen LogP contribution in [0, 0.1) is 17.6 Å². The summed E-state index contributed by atoms with van der Waals surface area (Å²) in [6.07, 6.45) is 2.71. The molecule has 2 aliphatic heterocycles. The summed E-state index contributed by atoms with van der Waals surface area (Å²) in [6, 6.07) is 12.8.